The molecule has 0 radical (unpaired) electrons. The van der Waals surface area contributed by atoms with E-state index in [0.29, 0.717) is 16.3 Å². The van der Waals surface area contributed by atoms with Crippen LogP contribution in [0.1, 0.15) is 24.1 Å². The number of rotatable bonds is 4. The summed E-state index contributed by atoms with van der Waals surface area (Å²) in [5.74, 6) is 0.430. The highest BCUT2D eigenvalue weighted by Gasteiger charge is 2.19. The number of aromatic nitrogens is 2. The zero-order chi connectivity index (χ0) is 18.8. The van der Waals surface area contributed by atoms with E-state index in [0.717, 1.165) is 46.8 Å². The molecule has 1 aliphatic rings. The van der Waals surface area contributed by atoms with Crippen molar-refractivity contribution < 1.29 is 4.79 Å². The fourth-order valence-corrected chi connectivity index (χ4v) is 5.35. The molecule has 1 aromatic carbocycles. The molecule has 1 fully saturated rings. The Morgan fingerprint density at radius 2 is 1.96 bits per heavy atom. The van der Waals surface area contributed by atoms with Crippen LogP contribution in [-0.4, -0.2) is 39.6 Å². The summed E-state index contributed by atoms with van der Waals surface area (Å²) in [7, 11) is 0. The van der Waals surface area contributed by atoms with Crippen molar-refractivity contribution >= 4 is 39.2 Å². The van der Waals surface area contributed by atoms with Gasteiger partial charge in [-0.15, -0.1) is 11.3 Å². The van der Waals surface area contributed by atoms with Gasteiger partial charge in [-0.05, 0) is 31.7 Å². The van der Waals surface area contributed by atoms with Gasteiger partial charge in [0.1, 0.15) is 4.83 Å². The molecule has 4 rings (SSSR count). The van der Waals surface area contributed by atoms with E-state index in [-0.39, 0.29) is 11.5 Å². The Morgan fingerprint density at radius 3 is 2.70 bits per heavy atom. The number of carbonyl (C=O) groups is 1. The number of benzene rings is 1. The standard InChI is InChI=1S/C20H21N3O2S2/c1-13-16(14-8-4-2-5-9-14)17-18(25)21-20(22-19(17)27-13)26-12-15(24)23-10-6-3-7-11-23/h2,4-5,8-9H,3,6-7,10-12H2,1H3,(H,21,22,25). The van der Waals surface area contributed by atoms with Gasteiger partial charge >= 0.3 is 0 Å². The zero-order valence-electron chi connectivity index (χ0n) is 15.2. The van der Waals surface area contributed by atoms with Crippen molar-refractivity contribution in [1.82, 2.24) is 14.9 Å². The molecule has 3 aromatic rings. The maximum atomic E-state index is 12.8. The van der Waals surface area contributed by atoms with Crippen LogP contribution < -0.4 is 5.56 Å². The Labute approximate surface area is 165 Å². The summed E-state index contributed by atoms with van der Waals surface area (Å²) in [5, 5.41) is 1.15. The number of nitrogens with zero attached hydrogens (tertiary/aromatic N) is 2. The number of piperidine rings is 1. The molecular formula is C20H21N3O2S2. The molecule has 5 nitrogen and oxygen atoms in total. The number of H-pyrrole nitrogens is 1. The molecule has 1 aliphatic heterocycles. The zero-order valence-corrected chi connectivity index (χ0v) is 16.8. The third-order valence-electron chi connectivity index (χ3n) is 4.82. The van der Waals surface area contributed by atoms with Gasteiger partial charge in [0, 0.05) is 23.5 Å². The second-order valence-corrected chi connectivity index (χ2v) is 8.85. The molecule has 1 N–H and O–H groups in total. The van der Waals surface area contributed by atoms with Crippen molar-refractivity contribution in [2.45, 2.75) is 31.3 Å². The van der Waals surface area contributed by atoms with Crippen LogP contribution in [0.5, 0.6) is 0 Å². The van der Waals surface area contributed by atoms with Gasteiger partial charge in [-0.3, -0.25) is 9.59 Å². The van der Waals surface area contributed by atoms with Crippen molar-refractivity contribution in [3.05, 3.63) is 45.6 Å². The van der Waals surface area contributed by atoms with Crippen molar-refractivity contribution in [3.8, 4) is 11.1 Å². The minimum absolute atomic E-state index is 0.120. The Bertz CT molecular complexity index is 1020. The maximum absolute atomic E-state index is 12.8. The van der Waals surface area contributed by atoms with Gasteiger partial charge in [0.15, 0.2) is 5.16 Å². The predicted molar refractivity (Wildman–Crippen MR) is 112 cm³/mol. The highest BCUT2D eigenvalue weighted by molar-refractivity contribution is 7.99. The monoisotopic (exact) mass is 399 g/mol. The fraction of sp³-hybridized carbons (Fsp3) is 0.350. The summed E-state index contributed by atoms with van der Waals surface area (Å²) >= 11 is 2.84. The Balaban J connectivity index is 1.59. The van der Waals surface area contributed by atoms with Gasteiger partial charge in [0.05, 0.1) is 11.1 Å². The number of thioether (sulfide) groups is 1. The lowest BCUT2D eigenvalue weighted by molar-refractivity contribution is -0.129. The van der Waals surface area contributed by atoms with E-state index in [1.54, 1.807) is 0 Å². The average Bonchev–Trinajstić information content (AvgIpc) is 3.04. The number of nitrogens with one attached hydrogen (secondary N) is 1. The largest absolute Gasteiger partial charge is 0.342 e. The van der Waals surface area contributed by atoms with Gasteiger partial charge in [-0.1, -0.05) is 42.1 Å². The Morgan fingerprint density at radius 1 is 1.22 bits per heavy atom. The Kier molecular flexibility index (Phi) is 5.31. The highest BCUT2D eigenvalue weighted by atomic mass is 32.2. The Hall–Kier alpha value is -2.12. The number of hydrogen-bond donors (Lipinski definition) is 1. The van der Waals surface area contributed by atoms with Gasteiger partial charge in [-0.2, -0.15) is 0 Å². The molecule has 3 heterocycles. The van der Waals surface area contributed by atoms with E-state index in [4.69, 9.17) is 0 Å². The first-order valence-corrected chi connectivity index (χ1v) is 10.9. The van der Waals surface area contributed by atoms with E-state index in [1.807, 2.05) is 42.2 Å². The van der Waals surface area contributed by atoms with Crippen molar-refractivity contribution in [1.29, 1.82) is 0 Å². The van der Waals surface area contributed by atoms with E-state index in [9.17, 15) is 9.59 Å². The van der Waals surface area contributed by atoms with Crippen LogP contribution in [0.2, 0.25) is 0 Å². The number of hydrogen-bond acceptors (Lipinski definition) is 5. The SMILES string of the molecule is Cc1sc2nc(SCC(=O)N3CCCCC3)[nH]c(=O)c2c1-c1ccccc1. The number of fused-ring (bicyclic) bond motifs is 1. The first-order valence-electron chi connectivity index (χ1n) is 9.13. The average molecular weight is 400 g/mol. The van der Waals surface area contributed by atoms with Gasteiger partial charge in [-0.25, -0.2) is 4.98 Å². The van der Waals surface area contributed by atoms with Crippen molar-refractivity contribution in [3.63, 3.8) is 0 Å². The van der Waals surface area contributed by atoms with Crippen molar-refractivity contribution in [2.24, 2.45) is 0 Å². The first-order chi connectivity index (χ1) is 13.1. The third-order valence-corrected chi connectivity index (χ3v) is 6.68. The maximum Gasteiger partial charge on any atom is 0.260 e. The minimum Gasteiger partial charge on any atom is -0.342 e. The van der Waals surface area contributed by atoms with Crippen LogP contribution in [-0.2, 0) is 4.79 Å². The molecule has 0 unspecified atom stereocenters. The lowest BCUT2D eigenvalue weighted by atomic mass is 10.0. The molecule has 27 heavy (non-hydrogen) atoms. The number of aromatic amines is 1. The van der Waals surface area contributed by atoms with Crippen LogP contribution in [0, 0.1) is 6.92 Å². The van der Waals surface area contributed by atoms with Gasteiger partial charge in [0.2, 0.25) is 5.91 Å². The van der Waals surface area contributed by atoms with Crippen molar-refractivity contribution in [2.75, 3.05) is 18.8 Å². The number of amides is 1. The molecule has 0 atom stereocenters. The minimum atomic E-state index is -0.142. The quantitative estimate of drug-likeness (QED) is 0.531. The molecule has 0 bridgehead atoms. The molecular weight excluding hydrogens is 378 g/mol. The van der Waals surface area contributed by atoms with E-state index < -0.39 is 0 Å². The molecule has 0 spiro atoms. The number of carbonyl (C=O) groups excluding carboxylic acids is 1. The summed E-state index contributed by atoms with van der Waals surface area (Å²) in [4.78, 5) is 36.3. The summed E-state index contributed by atoms with van der Waals surface area (Å²) < 4.78 is 0. The normalized spacial score (nSPS) is 14.6. The molecule has 2 aromatic heterocycles. The lowest BCUT2D eigenvalue weighted by Gasteiger charge is -2.26. The highest BCUT2D eigenvalue weighted by Crippen LogP contribution is 2.35. The van der Waals surface area contributed by atoms with Crippen LogP contribution in [0.15, 0.2) is 40.3 Å². The second kappa shape index (κ2) is 7.86. The fourth-order valence-electron chi connectivity index (χ4n) is 3.48. The van der Waals surface area contributed by atoms with Crippen LogP contribution >= 0.6 is 23.1 Å². The molecule has 0 saturated carbocycles. The third kappa shape index (κ3) is 3.80. The predicted octanol–water partition coefficient (Wildman–Crippen LogP) is 4.06. The van der Waals surface area contributed by atoms with E-state index in [2.05, 4.69) is 9.97 Å². The number of likely N-dealkylation sites (tertiary alicyclic amines) is 1. The van der Waals surface area contributed by atoms with Gasteiger partial charge < -0.3 is 9.88 Å². The van der Waals surface area contributed by atoms with Crippen LogP contribution in [0.25, 0.3) is 21.3 Å². The topological polar surface area (TPSA) is 66.1 Å². The second-order valence-electron chi connectivity index (χ2n) is 6.68. The summed E-state index contributed by atoms with van der Waals surface area (Å²) in [6, 6.07) is 9.92. The summed E-state index contributed by atoms with van der Waals surface area (Å²) in [6.45, 7) is 3.70. The molecule has 0 aliphatic carbocycles. The lowest BCUT2D eigenvalue weighted by Crippen LogP contribution is -2.36. The van der Waals surface area contributed by atoms with E-state index in [1.165, 1.54) is 29.5 Å². The van der Waals surface area contributed by atoms with E-state index >= 15 is 0 Å². The van der Waals surface area contributed by atoms with Crippen LogP contribution in [0.3, 0.4) is 0 Å². The number of aryl methyl sites for hydroxylation is 1. The molecule has 1 saturated heterocycles. The summed E-state index contributed by atoms with van der Waals surface area (Å²) in [6.07, 6.45) is 3.35. The van der Waals surface area contributed by atoms with Crippen LogP contribution in [0.4, 0.5) is 0 Å². The van der Waals surface area contributed by atoms with Gasteiger partial charge in [0.25, 0.3) is 5.56 Å². The smallest absolute Gasteiger partial charge is 0.260 e. The molecule has 7 heteroatoms. The molecule has 140 valence electrons. The summed E-state index contributed by atoms with van der Waals surface area (Å²) in [5.41, 5.74) is 1.83. The first kappa shape index (κ1) is 18.3. The molecule has 1 amide bonds. The number of thiophene rings is 1.